The minimum Gasteiger partial charge on any atom is -0.394 e. The maximum atomic E-state index is 13.7. The Morgan fingerprint density at radius 2 is 1.27 bits per heavy atom. The molecule has 0 spiro atoms. The van der Waals surface area contributed by atoms with E-state index >= 15 is 0 Å². The summed E-state index contributed by atoms with van der Waals surface area (Å²) in [6.07, 6.45) is -6.35. The molecule has 13 unspecified atom stereocenters. The first-order chi connectivity index (χ1) is 39.3. The highest BCUT2D eigenvalue weighted by Gasteiger charge is 2.46. The molecule has 2 aliphatic heterocycles. The average molecular weight is 1240 g/mol. The van der Waals surface area contributed by atoms with E-state index in [1.54, 1.807) is 6.92 Å². The van der Waals surface area contributed by atoms with E-state index in [0.717, 1.165) is 6.42 Å². The van der Waals surface area contributed by atoms with Gasteiger partial charge in [-0.3, -0.25) is 42.4 Å². The summed E-state index contributed by atoms with van der Waals surface area (Å²) in [5, 5.41) is 57.4. The van der Waals surface area contributed by atoms with E-state index in [0.29, 0.717) is 38.9 Å². The predicted octanol–water partition coefficient (Wildman–Crippen LogP) is -1.58. The lowest BCUT2D eigenvalue weighted by atomic mass is 9.93. The third-order valence-electron chi connectivity index (χ3n) is 13.6. The number of phosphoric ester groups is 1. The maximum Gasteiger partial charge on any atom is 0.472 e. The molecule has 482 valence electrons. The highest BCUT2D eigenvalue weighted by molar-refractivity contribution is 7.47. The molecule has 0 aliphatic carbocycles. The fraction of sp³-hybridized carbons (Fsp3) is 0.882. The van der Waals surface area contributed by atoms with Crippen LogP contribution < -0.4 is 31.9 Å². The van der Waals surface area contributed by atoms with Crippen molar-refractivity contribution in [1.29, 1.82) is 0 Å². The summed E-state index contributed by atoms with van der Waals surface area (Å²) >= 11 is 0. The molecule has 16 atom stereocenters. The van der Waals surface area contributed by atoms with Crippen molar-refractivity contribution in [2.75, 3.05) is 92.2 Å². The van der Waals surface area contributed by atoms with Crippen molar-refractivity contribution in [2.45, 2.75) is 173 Å². The quantitative estimate of drug-likeness (QED) is 0.0186. The number of aliphatic hydroxyl groups excluding tert-OH is 4. The zero-order chi connectivity index (χ0) is 62.1. The summed E-state index contributed by atoms with van der Waals surface area (Å²) < 4.78 is 74.1. The van der Waals surface area contributed by atoms with E-state index in [-0.39, 0.29) is 145 Å². The number of ether oxygens (including phenoxy) is 6. The van der Waals surface area contributed by atoms with Gasteiger partial charge in [0.15, 0.2) is 6.29 Å². The molecule has 32 heteroatoms. The van der Waals surface area contributed by atoms with E-state index in [4.69, 9.17) is 42.0 Å². The Labute approximate surface area is 489 Å². The van der Waals surface area contributed by atoms with Gasteiger partial charge in [-0.2, -0.15) is 0 Å². The number of hydrogen-bond donors (Lipinski definition) is 12. The van der Waals surface area contributed by atoms with Crippen molar-refractivity contribution >= 4 is 59.4 Å². The van der Waals surface area contributed by atoms with Gasteiger partial charge in [0, 0.05) is 65.2 Å². The lowest BCUT2D eigenvalue weighted by molar-refractivity contribution is -0.272. The number of rotatable bonds is 45. The summed E-state index contributed by atoms with van der Waals surface area (Å²) in [4.78, 5) is 95.7. The van der Waals surface area contributed by atoms with E-state index in [1.165, 1.54) is 14.8 Å². The van der Waals surface area contributed by atoms with Crippen molar-refractivity contribution < 1.29 is 110 Å². The minimum absolute atomic E-state index is 0.0119. The largest absolute Gasteiger partial charge is 0.472 e. The molecule has 0 aromatic heterocycles. The molecule has 2 aliphatic rings. The highest BCUT2D eigenvalue weighted by Crippen LogP contribution is 2.45. The molecule has 2 saturated heterocycles. The van der Waals surface area contributed by atoms with E-state index in [9.17, 15) is 68.1 Å². The number of hydrogen-bond acceptors (Lipinski definition) is 21. The van der Waals surface area contributed by atoms with Crippen molar-refractivity contribution in [3.05, 3.63) is 0 Å². The summed E-state index contributed by atoms with van der Waals surface area (Å²) in [5.41, 5.74) is -1.37. The molecular weight excluding hydrogens is 1140 g/mol. The number of carbonyl (C=O) groups is 6. The van der Waals surface area contributed by atoms with Crippen molar-refractivity contribution in [1.82, 2.24) is 31.9 Å². The molecule has 0 aromatic rings. The molecule has 6 amide bonds. The molecule has 83 heavy (non-hydrogen) atoms. The number of nitrogens with one attached hydrogen (secondary N) is 6. The van der Waals surface area contributed by atoms with Crippen molar-refractivity contribution in [2.24, 2.45) is 23.7 Å². The second-order valence-electron chi connectivity index (χ2n) is 21.6. The summed E-state index contributed by atoms with van der Waals surface area (Å²) in [7, 11) is -6.57. The van der Waals surface area contributed by atoms with Crippen LogP contribution in [-0.2, 0) is 79.9 Å². The first-order valence-corrected chi connectivity index (χ1v) is 31.5. The molecule has 0 bridgehead atoms. The summed E-state index contributed by atoms with van der Waals surface area (Å²) in [6, 6.07) is -1.86. The van der Waals surface area contributed by atoms with Gasteiger partial charge in [0.1, 0.15) is 56.1 Å². The van der Waals surface area contributed by atoms with Crippen LogP contribution in [0.3, 0.4) is 0 Å². The molecule has 0 aromatic carbocycles. The zero-order valence-corrected chi connectivity index (χ0v) is 51.4. The van der Waals surface area contributed by atoms with Crippen LogP contribution in [0.25, 0.3) is 0 Å². The van der Waals surface area contributed by atoms with Gasteiger partial charge in [0.05, 0.1) is 72.1 Å². The smallest absolute Gasteiger partial charge is 0.394 e. The van der Waals surface area contributed by atoms with Crippen LogP contribution in [0.1, 0.15) is 113 Å². The monoisotopic (exact) mass is 1230 g/mol. The van der Waals surface area contributed by atoms with Crippen LogP contribution in [0.2, 0.25) is 0 Å². The van der Waals surface area contributed by atoms with Gasteiger partial charge in [-0.25, -0.2) is 4.57 Å². The Kier molecular flexibility index (Phi) is 37.5. The second-order valence-corrected chi connectivity index (χ2v) is 23.8. The molecule has 2 rings (SSSR count). The number of aliphatic hydroxyl groups is 4. The zero-order valence-electron chi connectivity index (χ0n) is 49.5. The van der Waals surface area contributed by atoms with Crippen LogP contribution in [0, 0.1) is 23.7 Å². The fourth-order valence-electron chi connectivity index (χ4n) is 9.13. The Morgan fingerprint density at radius 1 is 0.711 bits per heavy atom. The SMILES string of the molecule is B[C@@H]1O[C@H](COP(=O)(O)OCC(CC)CC(C)CNC(=O)CCCC(=O)NC(COCCC(=O)NCC)(COCCC(=O)NCCC)COCCC(=O)NCC(C)CC(C)COC2OC(CO)C(O)C(O)C2NC(C)=O)[C@@H](O[PH](=O)O)C1O. The van der Waals surface area contributed by atoms with Gasteiger partial charge in [-0.05, 0) is 56.3 Å². The molecule has 12 N–H and O–H groups in total. The third kappa shape index (κ3) is 31.3. The molecule has 2 heterocycles. The lowest BCUT2D eigenvalue weighted by Gasteiger charge is -2.42. The Hall–Kier alpha value is -3.26. The first kappa shape index (κ1) is 75.8. The molecule has 2 fully saturated rings. The predicted molar refractivity (Wildman–Crippen MR) is 302 cm³/mol. The first-order valence-electron chi connectivity index (χ1n) is 28.7. The van der Waals surface area contributed by atoms with E-state index < -0.39 is 102 Å². The maximum absolute atomic E-state index is 13.7. The Balaban J connectivity index is 1.99. The Bertz CT molecular complexity index is 2010. The molecular formula is C51H97BN6O23P2. The topological polar surface area (TPSA) is 413 Å². The van der Waals surface area contributed by atoms with Gasteiger partial charge in [0.2, 0.25) is 35.4 Å². The van der Waals surface area contributed by atoms with Gasteiger partial charge in [-0.15, -0.1) is 0 Å². The summed E-state index contributed by atoms with van der Waals surface area (Å²) in [6.45, 7) is 12.2. The second kappa shape index (κ2) is 41.0. The van der Waals surface area contributed by atoms with Crippen LogP contribution in [-0.4, -0.2) is 226 Å². The number of carbonyl (C=O) groups excluding carboxylic acids is 6. The molecule has 29 nitrogen and oxygen atoms in total. The normalized spacial score (nSPS) is 24.9. The fourth-order valence-corrected chi connectivity index (χ4v) is 10.5. The number of phosphoric acid groups is 1. The van der Waals surface area contributed by atoms with Gasteiger partial charge in [0.25, 0.3) is 0 Å². The van der Waals surface area contributed by atoms with E-state index in [1.807, 2.05) is 34.6 Å². The van der Waals surface area contributed by atoms with Gasteiger partial charge >= 0.3 is 16.1 Å². The van der Waals surface area contributed by atoms with Crippen molar-refractivity contribution in [3.8, 4) is 0 Å². The van der Waals surface area contributed by atoms with Crippen molar-refractivity contribution in [3.63, 3.8) is 0 Å². The third-order valence-corrected chi connectivity index (χ3v) is 15.0. The van der Waals surface area contributed by atoms with E-state index in [2.05, 4.69) is 31.9 Å². The standard InChI is InChI=1S/C51H97BN6O23P2/c1-8-17-54-41(63)15-19-74-30-51(29-73-18-14-40(62)53-10-3,31-75-20-16-42(64)56-23-32(4)21-34(6)26-76-50-44(57-35(7)60)46(67)45(66)37(25-59)80-50)58-43(65)13-11-12-39(61)55-24-33(5)22-36(9-2)27-77-83(71,72)78-28-38-48(81-82(69)70)47(68)49(52)79-38/h32-34,36-38,44-50,59,66-68,82H,8-31,52H2,1-7H3,(H,53,62)(H,54,63)(H,55,61)(H,56,64)(H,57,60)(H,58,65)(H,69,70)(H,71,72)/t32?,33?,34?,36?,37?,38-,44?,45?,46?,47?,48-,49-,50?,51?/m1/s1. The molecule has 0 saturated carbocycles. The van der Waals surface area contributed by atoms with Gasteiger partial charge in [-0.1, -0.05) is 41.0 Å². The highest BCUT2D eigenvalue weighted by atomic mass is 31.2. The average Bonchev–Trinajstić information content (AvgIpc) is 3.95. The molecule has 0 radical (unpaired) electrons. The number of amides is 6. The lowest BCUT2D eigenvalue weighted by Crippen LogP contribution is -2.64. The van der Waals surface area contributed by atoms with Crippen LogP contribution in [0.15, 0.2) is 0 Å². The van der Waals surface area contributed by atoms with Crippen LogP contribution >= 0.6 is 16.1 Å². The minimum atomic E-state index is -4.62. The van der Waals surface area contributed by atoms with Crippen LogP contribution in [0.4, 0.5) is 0 Å². The van der Waals surface area contributed by atoms with Gasteiger partial charge < -0.3 is 95.1 Å². The summed E-state index contributed by atoms with van der Waals surface area (Å²) in [5.74, 6) is -2.48. The van der Waals surface area contributed by atoms with Crippen LogP contribution in [0.5, 0.6) is 0 Å². The Morgan fingerprint density at radius 3 is 1.81 bits per heavy atom.